The Bertz CT molecular complexity index is 1480. The molecule has 1 fully saturated rings. The number of carboxylic acid groups (broad SMARTS) is 1. The van der Waals surface area contributed by atoms with E-state index in [9.17, 15) is 19.5 Å². The van der Waals surface area contributed by atoms with E-state index in [1.165, 1.54) is 0 Å². The molecule has 1 saturated heterocycles. The molecule has 0 saturated carbocycles. The normalized spacial score (nSPS) is 16.3. The molecule has 0 spiro atoms. The molecule has 1 aromatic heterocycles. The number of hydrogen-bond acceptors (Lipinski definition) is 7. The molecule has 3 heterocycles. The van der Waals surface area contributed by atoms with Gasteiger partial charge >= 0.3 is 5.97 Å². The van der Waals surface area contributed by atoms with Crippen molar-refractivity contribution in [2.24, 2.45) is 10.9 Å². The molecule has 3 aromatic rings. The Morgan fingerprint density at radius 3 is 2.56 bits per heavy atom. The molecule has 5 rings (SSSR count). The predicted octanol–water partition coefficient (Wildman–Crippen LogP) is 2.85. The molecule has 2 aromatic carbocycles. The highest BCUT2D eigenvalue weighted by molar-refractivity contribution is 6.00. The summed E-state index contributed by atoms with van der Waals surface area (Å²) in [5, 5.41) is 18.8. The molecule has 2 amide bonds. The first kappa shape index (κ1) is 29.8. The second kappa shape index (κ2) is 13.5. The van der Waals surface area contributed by atoms with Crippen molar-refractivity contribution >= 4 is 29.4 Å². The Morgan fingerprint density at radius 1 is 1.14 bits per heavy atom. The first-order valence-corrected chi connectivity index (χ1v) is 14.9. The van der Waals surface area contributed by atoms with Gasteiger partial charge < -0.3 is 25.2 Å². The molecule has 0 radical (unpaired) electrons. The fourth-order valence-corrected chi connectivity index (χ4v) is 5.75. The van der Waals surface area contributed by atoms with Crippen LogP contribution >= 0.6 is 0 Å². The number of aliphatic carboxylic acids is 1. The van der Waals surface area contributed by atoms with Crippen molar-refractivity contribution < 1.29 is 19.5 Å². The zero-order valence-electron chi connectivity index (χ0n) is 24.7. The number of anilines is 1. The lowest BCUT2D eigenvalue weighted by molar-refractivity contribution is -0.139. The van der Waals surface area contributed by atoms with Gasteiger partial charge in [0.15, 0.2) is 5.96 Å². The van der Waals surface area contributed by atoms with Crippen molar-refractivity contribution in [3.05, 3.63) is 77.4 Å². The zero-order valence-corrected chi connectivity index (χ0v) is 24.7. The van der Waals surface area contributed by atoms with Gasteiger partial charge in [-0.1, -0.05) is 19.1 Å². The smallest absolute Gasteiger partial charge is 0.326 e. The Morgan fingerprint density at radius 2 is 1.91 bits per heavy atom. The second-order valence-corrected chi connectivity index (χ2v) is 11.2. The predicted molar refractivity (Wildman–Crippen MR) is 165 cm³/mol. The van der Waals surface area contributed by atoms with Crippen molar-refractivity contribution in [2.45, 2.75) is 52.0 Å². The van der Waals surface area contributed by atoms with Crippen LogP contribution in [0, 0.1) is 12.8 Å². The highest BCUT2D eigenvalue weighted by Crippen LogP contribution is 2.24. The summed E-state index contributed by atoms with van der Waals surface area (Å²) >= 11 is 0. The number of hydrogen-bond donors (Lipinski definition) is 4. The molecule has 1 atom stereocenters. The molecule has 2 aliphatic heterocycles. The molecule has 11 heteroatoms. The van der Waals surface area contributed by atoms with E-state index in [1.54, 1.807) is 12.5 Å². The maximum Gasteiger partial charge on any atom is 0.326 e. The Hall–Kier alpha value is -4.67. The largest absolute Gasteiger partial charge is 0.480 e. The summed E-state index contributed by atoms with van der Waals surface area (Å²) in [5.74, 6) is -0.376. The highest BCUT2D eigenvalue weighted by Gasteiger charge is 2.25. The summed E-state index contributed by atoms with van der Waals surface area (Å²) in [6.45, 7) is 6.99. The van der Waals surface area contributed by atoms with Crippen LogP contribution in [0.25, 0.3) is 5.69 Å². The topological polar surface area (TPSA) is 141 Å². The van der Waals surface area contributed by atoms with Crippen LogP contribution < -0.4 is 20.9 Å². The van der Waals surface area contributed by atoms with E-state index in [1.807, 2.05) is 61.0 Å². The number of carboxylic acids is 1. The van der Waals surface area contributed by atoms with Crippen molar-refractivity contribution in [1.82, 2.24) is 25.5 Å². The Labute approximate surface area is 251 Å². The third kappa shape index (κ3) is 7.40. The minimum atomic E-state index is -1.07. The number of aryl methyl sites for hydroxylation is 2. The summed E-state index contributed by atoms with van der Waals surface area (Å²) in [5.41, 5.74) is 4.99. The number of carbonyl (C=O) groups excluding carboxylic acids is 2. The molecular formula is C32H39N7O4. The zero-order chi connectivity index (χ0) is 30.3. The Kier molecular flexibility index (Phi) is 9.38. The number of carbonyl (C=O) groups is 3. The van der Waals surface area contributed by atoms with Crippen molar-refractivity contribution in [3.8, 4) is 5.69 Å². The monoisotopic (exact) mass is 585 g/mol. The molecular weight excluding hydrogens is 546 g/mol. The lowest BCUT2D eigenvalue weighted by atomic mass is 9.96. The van der Waals surface area contributed by atoms with E-state index in [-0.39, 0.29) is 18.2 Å². The lowest BCUT2D eigenvalue weighted by Crippen LogP contribution is -2.46. The maximum absolute atomic E-state index is 13.4. The van der Waals surface area contributed by atoms with E-state index in [0.29, 0.717) is 36.8 Å². The molecule has 1 unspecified atom stereocenters. The average molecular weight is 586 g/mol. The third-order valence-corrected chi connectivity index (χ3v) is 8.20. The van der Waals surface area contributed by atoms with E-state index < -0.39 is 12.0 Å². The SMILES string of the molecule is CCc1cc(-n2ccnc2)cc(C)c1C(=O)NC(Cc1ccc(N2CCC(CNC3=NCCC(=O)N3)CC2)cc1)C(=O)O. The molecule has 2 aliphatic rings. The number of amides is 2. The van der Waals surface area contributed by atoms with Gasteiger partial charge in [-0.05, 0) is 73.1 Å². The van der Waals surface area contributed by atoms with Gasteiger partial charge in [0.1, 0.15) is 6.04 Å². The number of aliphatic imine (C=N–C) groups is 1. The molecule has 0 bridgehead atoms. The second-order valence-electron chi connectivity index (χ2n) is 11.2. The third-order valence-electron chi connectivity index (χ3n) is 8.20. The van der Waals surface area contributed by atoms with E-state index in [0.717, 1.165) is 60.5 Å². The number of piperidine rings is 1. The van der Waals surface area contributed by atoms with Gasteiger partial charge in [0, 0.05) is 61.8 Å². The fraction of sp³-hybridized carbons (Fsp3) is 0.406. The minimum absolute atomic E-state index is 0.00494. The molecule has 43 heavy (non-hydrogen) atoms. The van der Waals surface area contributed by atoms with Crippen molar-refractivity contribution in [3.63, 3.8) is 0 Å². The molecule has 11 nitrogen and oxygen atoms in total. The number of rotatable bonds is 10. The van der Waals surface area contributed by atoms with Crippen LogP contribution in [0.2, 0.25) is 0 Å². The van der Waals surface area contributed by atoms with Gasteiger partial charge in [-0.25, -0.2) is 9.78 Å². The van der Waals surface area contributed by atoms with Crippen LogP contribution in [0.5, 0.6) is 0 Å². The number of nitrogens with zero attached hydrogens (tertiary/aromatic N) is 4. The quantitative estimate of drug-likeness (QED) is 0.287. The van der Waals surface area contributed by atoms with Crippen LogP contribution in [0.1, 0.15) is 53.2 Å². The van der Waals surface area contributed by atoms with Crippen molar-refractivity contribution in [2.75, 3.05) is 31.1 Å². The van der Waals surface area contributed by atoms with Crippen molar-refractivity contribution in [1.29, 1.82) is 0 Å². The van der Waals surface area contributed by atoms with E-state index >= 15 is 0 Å². The molecule has 226 valence electrons. The minimum Gasteiger partial charge on any atom is -0.480 e. The Balaban J connectivity index is 1.16. The van der Waals surface area contributed by atoms with E-state index in [2.05, 4.69) is 30.8 Å². The van der Waals surface area contributed by atoms with Crippen LogP contribution in [0.4, 0.5) is 5.69 Å². The first-order valence-electron chi connectivity index (χ1n) is 14.9. The summed E-state index contributed by atoms with van der Waals surface area (Å²) in [7, 11) is 0. The lowest BCUT2D eigenvalue weighted by Gasteiger charge is -2.34. The number of aromatic nitrogens is 2. The van der Waals surface area contributed by atoms with Gasteiger partial charge in [0.25, 0.3) is 5.91 Å². The van der Waals surface area contributed by atoms with Gasteiger partial charge in [0.2, 0.25) is 5.91 Å². The summed E-state index contributed by atoms with van der Waals surface area (Å²) < 4.78 is 1.88. The van der Waals surface area contributed by atoms with E-state index in [4.69, 9.17) is 0 Å². The summed E-state index contributed by atoms with van der Waals surface area (Å²) in [4.78, 5) is 47.8. The number of imidazole rings is 1. The maximum atomic E-state index is 13.4. The van der Waals surface area contributed by atoms with Crippen LogP contribution in [-0.2, 0) is 22.4 Å². The van der Waals surface area contributed by atoms with Crippen LogP contribution in [0.15, 0.2) is 60.1 Å². The number of nitrogens with one attached hydrogen (secondary N) is 3. The van der Waals surface area contributed by atoms with Gasteiger partial charge in [0.05, 0.1) is 12.9 Å². The fourth-order valence-electron chi connectivity index (χ4n) is 5.75. The molecule has 4 N–H and O–H groups in total. The van der Waals surface area contributed by atoms with Gasteiger partial charge in [-0.2, -0.15) is 0 Å². The number of guanidine groups is 1. The number of benzene rings is 2. The summed E-state index contributed by atoms with van der Waals surface area (Å²) in [6.07, 6.45) is 8.54. The standard InChI is InChI=1S/C32H39N7O4/c1-3-24-18-26(39-15-12-33-20-39)16-21(2)29(24)30(41)36-27(31(42)43)17-22-4-6-25(7-5-22)38-13-9-23(10-14-38)19-35-32-34-11-8-28(40)37-32/h4-7,12,15-16,18,20,23,27H,3,8-11,13-14,17,19H2,1-2H3,(H,36,41)(H,42,43)(H2,34,35,37,40). The van der Waals surface area contributed by atoms with Crippen LogP contribution in [-0.4, -0.2) is 70.6 Å². The first-order chi connectivity index (χ1) is 20.8. The van der Waals surface area contributed by atoms with Gasteiger partial charge in [-0.3, -0.25) is 19.9 Å². The summed E-state index contributed by atoms with van der Waals surface area (Å²) in [6, 6.07) is 10.7. The van der Waals surface area contributed by atoms with Gasteiger partial charge in [-0.15, -0.1) is 0 Å². The van der Waals surface area contributed by atoms with Crippen LogP contribution in [0.3, 0.4) is 0 Å². The molecule has 0 aliphatic carbocycles. The highest BCUT2D eigenvalue weighted by atomic mass is 16.4. The average Bonchev–Trinajstić information content (AvgIpc) is 3.55.